The number of carbonyl (C=O) groups excluding carboxylic acids is 1. The van der Waals surface area contributed by atoms with E-state index < -0.39 is 0 Å². The monoisotopic (exact) mass is 228 g/mol. The van der Waals surface area contributed by atoms with Crippen LogP contribution in [0.15, 0.2) is 41.8 Å². The first-order valence-corrected chi connectivity index (χ1v) is 5.52. The highest BCUT2D eigenvalue weighted by atomic mass is 32.1. The Morgan fingerprint density at radius 3 is 2.88 bits per heavy atom. The molecular formula is C12H8N2OS. The van der Waals surface area contributed by atoms with Gasteiger partial charge in [0.05, 0.1) is 16.5 Å². The summed E-state index contributed by atoms with van der Waals surface area (Å²) in [6.45, 7) is 0. The highest BCUT2D eigenvalue weighted by molar-refractivity contribution is 7.12. The molecule has 0 saturated heterocycles. The van der Waals surface area contributed by atoms with Gasteiger partial charge >= 0.3 is 0 Å². The first-order valence-electron chi connectivity index (χ1n) is 4.64. The number of rotatable bonds is 2. The van der Waals surface area contributed by atoms with Crippen molar-refractivity contribution >= 4 is 22.9 Å². The number of benzene rings is 1. The third-order valence-electron chi connectivity index (χ3n) is 1.99. The minimum Gasteiger partial charge on any atom is -0.321 e. The average Bonchev–Trinajstić information content (AvgIpc) is 2.83. The second-order valence-electron chi connectivity index (χ2n) is 3.12. The molecule has 0 fully saturated rings. The molecule has 0 saturated carbocycles. The molecule has 78 valence electrons. The van der Waals surface area contributed by atoms with E-state index in [9.17, 15) is 4.79 Å². The van der Waals surface area contributed by atoms with E-state index in [1.165, 1.54) is 11.3 Å². The van der Waals surface area contributed by atoms with E-state index in [4.69, 9.17) is 5.26 Å². The molecule has 1 amide bonds. The fourth-order valence-electron chi connectivity index (χ4n) is 1.27. The molecule has 0 spiro atoms. The molecule has 2 rings (SSSR count). The molecule has 1 aromatic carbocycles. The summed E-state index contributed by atoms with van der Waals surface area (Å²) in [6.07, 6.45) is 0. The maximum atomic E-state index is 11.7. The minimum absolute atomic E-state index is 0.148. The van der Waals surface area contributed by atoms with Crippen LogP contribution in [0.25, 0.3) is 0 Å². The Morgan fingerprint density at radius 1 is 1.31 bits per heavy atom. The summed E-state index contributed by atoms with van der Waals surface area (Å²) < 4.78 is 0. The van der Waals surface area contributed by atoms with Crippen LogP contribution in [-0.4, -0.2) is 5.91 Å². The molecule has 2 aromatic rings. The highest BCUT2D eigenvalue weighted by Gasteiger charge is 2.06. The largest absolute Gasteiger partial charge is 0.321 e. The van der Waals surface area contributed by atoms with Crippen LogP contribution in [0.1, 0.15) is 15.2 Å². The fourth-order valence-corrected chi connectivity index (χ4v) is 1.89. The van der Waals surface area contributed by atoms with Crippen molar-refractivity contribution in [1.29, 1.82) is 5.26 Å². The molecule has 0 unspecified atom stereocenters. The van der Waals surface area contributed by atoms with E-state index in [1.54, 1.807) is 30.3 Å². The average molecular weight is 228 g/mol. The van der Waals surface area contributed by atoms with Crippen molar-refractivity contribution in [2.24, 2.45) is 0 Å². The summed E-state index contributed by atoms with van der Waals surface area (Å²) in [5.74, 6) is -0.148. The standard InChI is InChI=1S/C12H8N2OS/c13-8-9-3-1-4-10(7-9)14-12(15)11-5-2-6-16-11/h1-7H,(H,14,15). The number of nitrogens with one attached hydrogen (secondary N) is 1. The Hall–Kier alpha value is -2.12. The van der Waals surface area contributed by atoms with Crippen molar-refractivity contribution in [2.45, 2.75) is 0 Å². The maximum Gasteiger partial charge on any atom is 0.265 e. The molecule has 0 aliphatic heterocycles. The van der Waals surface area contributed by atoms with Crippen LogP contribution < -0.4 is 5.32 Å². The summed E-state index contributed by atoms with van der Waals surface area (Å²) in [7, 11) is 0. The highest BCUT2D eigenvalue weighted by Crippen LogP contribution is 2.14. The molecule has 16 heavy (non-hydrogen) atoms. The lowest BCUT2D eigenvalue weighted by atomic mass is 10.2. The van der Waals surface area contributed by atoms with Gasteiger partial charge in [0.25, 0.3) is 5.91 Å². The van der Waals surface area contributed by atoms with Crippen molar-refractivity contribution in [3.8, 4) is 6.07 Å². The number of hydrogen-bond donors (Lipinski definition) is 1. The summed E-state index contributed by atoms with van der Waals surface area (Å²) in [6, 6.07) is 12.4. The van der Waals surface area contributed by atoms with Crippen LogP contribution >= 0.6 is 11.3 Å². The van der Waals surface area contributed by atoms with E-state index in [0.717, 1.165) is 0 Å². The normalized spacial score (nSPS) is 9.44. The zero-order chi connectivity index (χ0) is 11.4. The molecule has 3 nitrogen and oxygen atoms in total. The van der Waals surface area contributed by atoms with Crippen LogP contribution in [0, 0.1) is 11.3 Å². The van der Waals surface area contributed by atoms with Crippen molar-refractivity contribution in [1.82, 2.24) is 0 Å². The summed E-state index contributed by atoms with van der Waals surface area (Å²) in [4.78, 5) is 12.3. The van der Waals surface area contributed by atoms with Gasteiger partial charge in [-0.05, 0) is 29.6 Å². The van der Waals surface area contributed by atoms with Gasteiger partial charge in [0, 0.05) is 5.69 Å². The second-order valence-corrected chi connectivity index (χ2v) is 4.07. The second kappa shape index (κ2) is 4.60. The SMILES string of the molecule is N#Cc1cccc(NC(=O)c2cccs2)c1. The first-order chi connectivity index (χ1) is 7.79. The van der Waals surface area contributed by atoms with Gasteiger partial charge in [-0.3, -0.25) is 4.79 Å². The first kappa shape index (κ1) is 10.4. The lowest BCUT2D eigenvalue weighted by molar-refractivity contribution is 0.103. The number of anilines is 1. The predicted molar refractivity (Wildman–Crippen MR) is 63.4 cm³/mol. The number of nitrogens with zero attached hydrogens (tertiary/aromatic N) is 1. The third-order valence-corrected chi connectivity index (χ3v) is 2.86. The third kappa shape index (κ3) is 2.27. The molecule has 0 bridgehead atoms. The minimum atomic E-state index is -0.148. The molecule has 0 radical (unpaired) electrons. The topological polar surface area (TPSA) is 52.9 Å². The van der Waals surface area contributed by atoms with Gasteiger partial charge in [-0.1, -0.05) is 12.1 Å². The van der Waals surface area contributed by atoms with Gasteiger partial charge in [-0.25, -0.2) is 0 Å². The molecule has 0 aliphatic rings. The summed E-state index contributed by atoms with van der Waals surface area (Å²) >= 11 is 1.38. The van der Waals surface area contributed by atoms with E-state index in [-0.39, 0.29) is 5.91 Å². The Morgan fingerprint density at radius 2 is 2.19 bits per heavy atom. The number of thiophene rings is 1. The van der Waals surface area contributed by atoms with Gasteiger partial charge < -0.3 is 5.32 Å². The number of hydrogen-bond acceptors (Lipinski definition) is 3. The Balaban J connectivity index is 2.16. The van der Waals surface area contributed by atoms with E-state index in [0.29, 0.717) is 16.1 Å². The van der Waals surface area contributed by atoms with Gasteiger partial charge in [0.2, 0.25) is 0 Å². The lowest BCUT2D eigenvalue weighted by Crippen LogP contribution is -2.09. The number of amides is 1. The zero-order valence-electron chi connectivity index (χ0n) is 8.31. The van der Waals surface area contributed by atoms with Gasteiger partial charge in [0.1, 0.15) is 0 Å². The van der Waals surface area contributed by atoms with Gasteiger partial charge in [0.15, 0.2) is 0 Å². The quantitative estimate of drug-likeness (QED) is 0.859. The van der Waals surface area contributed by atoms with Crippen LogP contribution in [0.5, 0.6) is 0 Å². The van der Waals surface area contributed by atoms with E-state index >= 15 is 0 Å². The summed E-state index contributed by atoms with van der Waals surface area (Å²) in [5.41, 5.74) is 1.17. The molecular weight excluding hydrogens is 220 g/mol. The molecule has 1 aromatic heterocycles. The van der Waals surface area contributed by atoms with Gasteiger partial charge in [-0.2, -0.15) is 5.26 Å². The molecule has 4 heteroatoms. The van der Waals surface area contributed by atoms with E-state index in [1.807, 2.05) is 17.5 Å². The number of nitriles is 1. The van der Waals surface area contributed by atoms with Crippen molar-refractivity contribution in [2.75, 3.05) is 5.32 Å². The van der Waals surface area contributed by atoms with E-state index in [2.05, 4.69) is 5.32 Å². The Labute approximate surface area is 97.0 Å². The van der Waals surface area contributed by atoms with Crippen LogP contribution in [0.2, 0.25) is 0 Å². The molecule has 1 N–H and O–H groups in total. The molecule has 0 atom stereocenters. The fraction of sp³-hybridized carbons (Fsp3) is 0. The van der Waals surface area contributed by atoms with Crippen LogP contribution in [-0.2, 0) is 0 Å². The molecule has 0 aliphatic carbocycles. The van der Waals surface area contributed by atoms with Gasteiger partial charge in [-0.15, -0.1) is 11.3 Å². The number of carbonyl (C=O) groups is 1. The van der Waals surface area contributed by atoms with Crippen molar-refractivity contribution < 1.29 is 4.79 Å². The lowest BCUT2D eigenvalue weighted by Gasteiger charge is -2.03. The maximum absolute atomic E-state index is 11.7. The zero-order valence-corrected chi connectivity index (χ0v) is 9.12. The Kier molecular flexibility index (Phi) is 2.99. The predicted octanol–water partition coefficient (Wildman–Crippen LogP) is 2.87. The van der Waals surface area contributed by atoms with Crippen LogP contribution in [0.3, 0.4) is 0 Å². The van der Waals surface area contributed by atoms with Crippen molar-refractivity contribution in [3.05, 3.63) is 52.2 Å². The molecule has 1 heterocycles. The smallest absolute Gasteiger partial charge is 0.265 e. The van der Waals surface area contributed by atoms with Crippen molar-refractivity contribution in [3.63, 3.8) is 0 Å². The van der Waals surface area contributed by atoms with Crippen LogP contribution in [0.4, 0.5) is 5.69 Å². The summed E-state index contributed by atoms with van der Waals surface area (Å²) in [5, 5.41) is 13.3. The Bertz CT molecular complexity index is 540.